The van der Waals surface area contributed by atoms with Crippen LogP contribution in [0.3, 0.4) is 0 Å². The predicted molar refractivity (Wildman–Crippen MR) is 59.9 cm³/mol. The molecule has 0 spiro atoms. The summed E-state index contributed by atoms with van der Waals surface area (Å²) in [6.07, 6.45) is 1.58. The summed E-state index contributed by atoms with van der Waals surface area (Å²) in [6, 6.07) is 0. The van der Waals surface area contributed by atoms with Gasteiger partial charge in [0.1, 0.15) is 5.28 Å². The molecular weight excluding hydrogens is 215 g/mol. The molecule has 1 fully saturated rings. The molecular formula is C9H21N2O3P. The van der Waals surface area contributed by atoms with Crippen LogP contribution >= 0.6 is 7.60 Å². The lowest BCUT2D eigenvalue weighted by Crippen LogP contribution is -2.52. The molecule has 1 saturated heterocycles. The number of hydrogen-bond acceptors (Lipinski definition) is 5. The van der Waals surface area contributed by atoms with Gasteiger partial charge in [-0.3, -0.25) is 4.57 Å². The van der Waals surface area contributed by atoms with Crippen molar-refractivity contribution >= 4 is 7.60 Å². The van der Waals surface area contributed by atoms with Gasteiger partial charge in [-0.15, -0.1) is 0 Å². The third-order valence-electron chi connectivity index (χ3n) is 2.54. The minimum Gasteiger partial charge on any atom is -0.314 e. The molecule has 5 nitrogen and oxygen atoms in total. The maximum Gasteiger partial charge on any atom is 0.351 e. The van der Waals surface area contributed by atoms with Gasteiger partial charge in [-0.05, 0) is 33.2 Å². The van der Waals surface area contributed by atoms with E-state index in [2.05, 4.69) is 5.32 Å². The van der Waals surface area contributed by atoms with E-state index >= 15 is 0 Å². The summed E-state index contributed by atoms with van der Waals surface area (Å²) in [5.74, 6) is 0. The predicted octanol–water partition coefficient (Wildman–Crippen LogP) is 1.29. The van der Waals surface area contributed by atoms with Crippen LogP contribution in [0.5, 0.6) is 0 Å². The molecule has 0 saturated carbocycles. The molecule has 1 aliphatic rings. The summed E-state index contributed by atoms with van der Waals surface area (Å²) >= 11 is 0. The van der Waals surface area contributed by atoms with Crippen LogP contribution in [-0.2, 0) is 13.6 Å². The highest BCUT2D eigenvalue weighted by atomic mass is 31.2. The second kappa shape index (κ2) is 5.41. The van der Waals surface area contributed by atoms with Crippen LogP contribution in [0.1, 0.15) is 26.7 Å². The summed E-state index contributed by atoms with van der Waals surface area (Å²) in [5.41, 5.74) is 6.13. The van der Waals surface area contributed by atoms with E-state index in [0.717, 1.165) is 13.0 Å². The zero-order valence-electron chi connectivity index (χ0n) is 9.49. The van der Waals surface area contributed by atoms with Gasteiger partial charge in [0.05, 0.1) is 13.2 Å². The van der Waals surface area contributed by atoms with E-state index in [1.807, 2.05) is 0 Å². The second-order valence-corrected chi connectivity index (χ2v) is 6.12. The number of nitrogens with one attached hydrogen (secondary N) is 1. The Bertz CT molecular complexity index is 232. The van der Waals surface area contributed by atoms with Gasteiger partial charge in [0.15, 0.2) is 0 Å². The molecule has 90 valence electrons. The second-order valence-electron chi connectivity index (χ2n) is 3.72. The Hall–Kier alpha value is 0.0700. The SMILES string of the molecule is CCOP(=O)(OCC)[C@]1(N)CCCNC1. The summed E-state index contributed by atoms with van der Waals surface area (Å²) in [4.78, 5) is 0. The molecule has 0 aromatic heterocycles. The average Bonchev–Trinajstić information content (AvgIpc) is 2.19. The van der Waals surface area contributed by atoms with Gasteiger partial charge in [0.25, 0.3) is 0 Å². The van der Waals surface area contributed by atoms with Crippen LogP contribution in [0.25, 0.3) is 0 Å². The Morgan fingerprint density at radius 1 is 1.40 bits per heavy atom. The molecule has 3 N–H and O–H groups in total. The van der Waals surface area contributed by atoms with Crippen molar-refractivity contribution in [1.29, 1.82) is 0 Å². The van der Waals surface area contributed by atoms with E-state index in [1.54, 1.807) is 13.8 Å². The molecule has 0 radical (unpaired) electrons. The third-order valence-corrected chi connectivity index (χ3v) is 5.21. The van der Waals surface area contributed by atoms with Crippen LogP contribution in [0, 0.1) is 0 Å². The summed E-state index contributed by atoms with van der Waals surface area (Å²) < 4.78 is 23.0. The molecule has 15 heavy (non-hydrogen) atoms. The number of rotatable bonds is 5. The minimum atomic E-state index is -3.19. The standard InChI is InChI=1S/C9H21N2O3P/c1-3-13-15(12,14-4-2)9(10)6-5-7-11-8-9/h11H,3-8,10H2,1-2H3/t9-/m1/s1. The molecule has 0 aromatic carbocycles. The minimum absolute atomic E-state index is 0.357. The van der Waals surface area contributed by atoms with Gasteiger partial charge in [-0.1, -0.05) is 0 Å². The Labute approximate surface area is 91.2 Å². The molecule has 0 bridgehead atoms. The topological polar surface area (TPSA) is 73.6 Å². The summed E-state index contributed by atoms with van der Waals surface area (Å²) in [5, 5.41) is 2.28. The summed E-state index contributed by atoms with van der Waals surface area (Å²) in [7, 11) is -3.19. The van der Waals surface area contributed by atoms with Crippen molar-refractivity contribution in [1.82, 2.24) is 5.32 Å². The van der Waals surface area contributed by atoms with Crippen molar-refractivity contribution in [3.8, 4) is 0 Å². The molecule has 1 heterocycles. The first kappa shape index (κ1) is 13.1. The van der Waals surface area contributed by atoms with Crippen molar-refractivity contribution in [2.45, 2.75) is 32.0 Å². The van der Waals surface area contributed by atoms with Crippen molar-refractivity contribution in [3.05, 3.63) is 0 Å². The number of hydrogen-bond donors (Lipinski definition) is 2. The first-order chi connectivity index (χ1) is 7.08. The van der Waals surface area contributed by atoms with E-state index in [9.17, 15) is 4.57 Å². The number of nitrogens with two attached hydrogens (primary N) is 1. The van der Waals surface area contributed by atoms with Crippen molar-refractivity contribution in [3.63, 3.8) is 0 Å². The zero-order chi connectivity index (χ0) is 11.4. The molecule has 1 atom stereocenters. The van der Waals surface area contributed by atoms with E-state index in [1.165, 1.54) is 0 Å². The van der Waals surface area contributed by atoms with Crippen LogP contribution < -0.4 is 11.1 Å². The van der Waals surface area contributed by atoms with E-state index in [0.29, 0.717) is 26.2 Å². The normalized spacial score (nSPS) is 27.9. The van der Waals surface area contributed by atoms with E-state index in [4.69, 9.17) is 14.8 Å². The average molecular weight is 236 g/mol. The lowest BCUT2D eigenvalue weighted by atomic mass is 10.1. The van der Waals surface area contributed by atoms with Gasteiger partial charge >= 0.3 is 7.60 Å². The third kappa shape index (κ3) is 2.80. The molecule has 0 aromatic rings. The molecule has 0 unspecified atom stereocenters. The molecule has 0 aliphatic carbocycles. The van der Waals surface area contributed by atoms with Gasteiger partial charge in [-0.2, -0.15) is 0 Å². The quantitative estimate of drug-likeness (QED) is 0.704. The highest BCUT2D eigenvalue weighted by molar-refractivity contribution is 7.55. The van der Waals surface area contributed by atoms with Crippen LogP contribution in [0.15, 0.2) is 0 Å². The highest BCUT2D eigenvalue weighted by Crippen LogP contribution is 2.59. The lowest BCUT2D eigenvalue weighted by Gasteiger charge is -2.38. The van der Waals surface area contributed by atoms with Gasteiger partial charge in [0.2, 0.25) is 0 Å². The molecule has 0 amide bonds. The van der Waals surface area contributed by atoms with Gasteiger partial charge in [0, 0.05) is 6.54 Å². The fourth-order valence-corrected chi connectivity index (χ4v) is 3.79. The van der Waals surface area contributed by atoms with Crippen LogP contribution in [0.4, 0.5) is 0 Å². The van der Waals surface area contributed by atoms with Crippen molar-refractivity contribution in [2.24, 2.45) is 5.73 Å². The van der Waals surface area contributed by atoms with E-state index < -0.39 is 12.9 Å². The molecule has 1 aliphatic heterocycles. The largest absolute Gasteiger partial charge is 0.351 e. The Morgan fingerprint density at radius 2 is 2.00 bits per heavy atom. The fraction of sp³-hybridized carbons (Fsp3) is 1.00. The fourth-order valence-electron chi connectivity index (χ4n) is 1.78. The van der Waals surface area contributed by atoms with Crippen LogP contribution in [0.2, 0.25) is 0 Å². The van der Waals surface area contributed by atoms with Gasteiger partial charge in [-0.25, -0.2) is 0 Å². The lowest BCUT2D eigenvalue weighted by molar-refractivity contribution is 0.186. The molecule has 1 rings (SSSR count). The smallest absolute Gasteiger partial charge is 0.314 e. The first-order valence-corrected chi connectivity index (χ1v) is 7.01. The Kier molecular flexibility index (Phi) is 4.74. The van der Waals surface area contributed by atoms with Crippen molar-refractivity contribution < 1.29 is 13.6 Å². The number of piperidine rings is 1. The van der Waals surface area contributed by atoms with Gasteiger partial charge < -0.3 is 20.1 Å². The monoisotopic (exact) mass is 236 g/mol. The Morgan fingerprint density at radius 3 is 2.40 bits per heavy atom. The zero-order valence-corrected chi connectivity index (χ0v) is 10.4. The van der Waals surface area contributed by atoms with Crippen molar-refractivity contribution in [2.75, 3.05) is 26.3 Å². The maximum atomic E-state index is 12.5. The van der Waals surface area contributed by atoms with Crippen LogP contribution in [-0.4, -0.2) is 31.6 Å². The first-order valence-electron chi connectivity index (χ1n) is 5.47. The maximum absolute atomic E-state index is 12.5. The Balaban J connectivity index is 2.80. The summed E-state index contributed by atoms with van der Waals surface area (Å²) in [6.45, 7) is 5.71. The molecule has 6 heteroatoms. The van der Waals surface area contributed by atoms with E-state index in [-0.39, 0.29) is 0 Å². The highest BCUT2D eigenvalue weighted by Gasteiger charge is 2.48.